The van der Waals surface area contributed by atoms with Crippen molar-refractivity contribution in [2.24, 2.45) is 0 Å². The van der Waals surface area contributed by atoms with Gasteiger partial charge < -0.3 is 15.0 Å². The van der Waals surface area contributed by atoms with Crippen LogP contribution in [0.25, 0.3) is 0 Å². The summed E-state index contributed by atoms with van der Waals surface area (Å²) in [6.07, 6.45) is -0.0348. The molecule has 0 bridgehead atoms. The summed E-state index contributed by atoms with van der Waals surface area (Å²) in [5.41, 5.74) is 0.854. The van der Waals surface area contributed by atoms with E-state index in [0.717, 1.165) is 0 Å². The third kappa shape index (κ3) is 3.73. The number of hydrogen-bond acceptors (Lipinski definition) is 4. The molecule has 1 unspecified atom stereocenters. The molecule has 2 rings (SSSR count). The minimum absolute atomic E-state index is 0.0108. The van der Waals surface area contributed by atoms with E-state index in [2.05, 4.69) is 5.32 Å². The van der Waals surface area contributed by atoms with Gasteiger partial charge in [0.1, 0.15) is 0 Å². The van der Waals surface area contributed by atoms with Crippen molar-refractivity contribution in [3.05, 3.63) is 33.9 Å². The molecule has 7 nitrogen and oxygen atoms in total. The molecule has 2 amide bonds. The summed E-state index contributed by atoms with van der Waals surface area (Å²) >= 11 is 0. The highest BCUT2D eigenvalue weighted by Crippen LogP contribution is 2.24. The van der Waals surface area contributed by atoms with Gasteiger partial charge in [0, 0.05) is 24.4 Å². The number of nitro benzene ring substituents is 1. The lowest BCUT2D eigenvalue weighted by Crippen LogP contribution is -2.54. The number of benzene rings is 1. The minimum atomic E-state index is -0.454. The first kappa shape index (κ1) is 16.2. The molecule has 1 N–H and O–H groups in total. The quantitative estimate of drug-likeness (QED) is 0.672. The van der Waals surface area contributed by atoms with Crippen molar-refractivity contribution in [3.63, 3.8) is 0 Å². The van der Waals surface area contributed by atoms with Crippen LogP contribution in [-0.4, -0.2) is 40.6 Å². The second-order valence-electron chi connectivity index (χ2n) is 6.26. The van der Waals surface area contributed by atoms with Gasteiger partial charge in [-0.05, 0) is 39.3 Å². The van der Waals surface area contributed by atoms with E-state index in [9.17, 15) is 14.9 Å². The van der Waals surface area contributed by atoms with Crippen LogP contribution >= 0.6 is 0 Å². The molecule has 1 aromatic carbocycles. The number of nitro groups is 1. The molecule has 0 aromatic heterocycles. The molecular formula is C15H21N3O4. The summed E-state index contributed by atoms with van der Waals surface area (Å²) < 4.78 is 5.77. The first-order chi connectivity index (χ1) is 10.2. The maximum Gasteiger partial charge on any atom is 0.322 e. The summed E-state index contributed by atoms with van der Waals surface area (Å²) in [5.74, 6) is 0. The van der Waals surface area contributed by atoms with Gasteiger partial charge >= 0.3 is 6.03 Å². The number of nitrogens with zero attached hydrogens (tertiary/aromatic N) is 2. The van der Waals surface area contributed by atoms with E-state index in [0.29, 0.717) is 24.3 Å². The summed E-state index contributed by atoms with van der Waals surface area (Å²) in [4.78, 5) is 24.4. The van der Waals surface area contributed by atoms with E-state index >= 15 is 0 Å². The number of rotatable bonds is 2. The van der Waals surface area contributed by atoms with E-state index in [1.54, 1.807) is 17.9 Å². The van der Waals surface area contributed by atoms with Crippen LogP contribution in [0.1, 0.15) is 26.3 Å². The van der Waals surface area contributed by atoms with E-state index in [1.807, 2.05) is 20.8 Å². The predicted octanol–water partition coefficient (Wildman–Crippen LogP) is 2.93. The number of anilines is 1. The Morgan fingerprint density at radius 2 is 2.18 bits per heavy atom. The van der Waals surface area contributed by atoms with Gasteiger partial charge in [0.15, 0.2) is 0 Å². The minimum Gasteiger partial charge on any atom is -0.369 e. The third-order valence-corrected chi connectivity index (χ3v) is 3.52. The first-order valence-corrected chi connectivity index (χ1v) is 7.17. The zero-order valence-corrected chi connectivity index (χ0v) is 13.3. The number of carbonyl (C=O) groups excluding carboxylic acids is 1. The number of amides is 2. The summed E-state index contributed by atoms with van der Waals surface area (Å²) in [6.45, 7) is 8.56. The predicted molar refractivity (Wildman–Crippen MR) is 83.1 cm³/mol. The lowest BCUT2D eigenvalue weighted by Gasteiger charge is -2.41. The summed E-state index contributed by atoms with van der Waals surface area (Å²) in [5, 5.41) is 13.6. The fourth-order valence-electron chi connectivity index (χ4n) is 2.70. The van der Waals surface area contributed by atoms with Crippen molar-refractivity contribution >= 4 is 17.4 Å². The molecular weight excluding hydrogens is 286 g/mol. The van der Waals surface area contributed by atoms with Crippen molar-refractivity contribution < 1.29 is 14.5 Å². The van der Waals surface area contributed by atoms with Crippen molar-refractivity contribution in [1.82, 2.24) is 4.90 Å². The van der Waals surface area contributed by atoms with Crippen LogP contribution in [-0.2, 0) is 4.74 Å². The fraction of sp³-hybridized carbons (Fsp3) is 0.533. The van der Waals surface area contributed by atoms with Gasteiger partial charge in [0.05, 0.1) is 23.2 Å². The van der Waals surface area contributed by atoms with Crippen LogP contribution in [0.2, 0.25) is 0 Å². The normalized spacial score (nSPS) is 20.5. The van der Waals surface area contributed by atoms with Gasteiger partial charge in [-0.15, -0.1) is 0 Å². The van der Waals surface area contributed by atoms with Gasteiger partial charge in [0.2, 0.25) is 0 Å². The molecule has 22 heavy (non-hydrogen) atoms. The molecule has 1 fully saturated rings. The second-order valence-corrected chi connectivity index (χ2v) is 6.26. The highest BCUT2D eigenvalue weighted by Gasteiger charge is 2.33. The molecule has 0 spiro atoms. The van der Waals surface area contributed by atoms with Crippen LogP contribution in [0.3, 0.4) is 0 Å². The number of non-ortho nitro benzene ring substituents is 1. The van der Waals surface area contributed by atoms with E-state index in [4.69, 9.17) is 4.74 Å². The summed E-state index contributed by atoms with van der Waals surface area (Å²) in [6, 6.07) is 4.16. The average Bonchev–Trinajstić information content (AvgIpc) is 2.38. The highest BCUT2D eigenvalue weighted by atomic mass is 16.6. The monoisotopic (exact) mass is 307 g/mol. The largest absolute Gasteiger partial charge is 0.369 e. The number of nitrogens with one attached hydrogen (secondary N) is 1. The Bertz CT molecular complexity index is 600. The van der Waals surface area contributed by atoms with Crippen molar-refractivity contribution in [2.75, 3.05) is 18.4 Å². The number of hydrogen-bond donors (Lipinski definition) is 1. The molecule has 1 aromatic rings. The first-order valence-electron chi connectivity index (χ1n) is 7.17. The van der Waals surface area contributed by atoms with Crippen molar-refractivity contribution in [1.29, 1.82) is 0 Å². The molecule has 1 atom stereocenters. The smallest absolute Gasteiger partial charge is 0.322 e. The molecule has 120 valence electrons. The number of ether oxygens (including phenoxy) is 1. The Kier molecular flexibility index (Phi) is 4.37. The van der Waals surface area contributed by atoms with Gasteiger partial charge in [-0.3, -0.25) is 10.1 Å². The van der Waals surface area contributed by atoms with E-state index in [1.165, 1.54) is 12.1 Å². The number of carbonyl (C=O) groups is 1. The number of morpholine rings is 1. The molecule has 1 aliphatic rings. The lowest BCUT2D eigenvalue weighted by molar-refractivity contribution is -0.384. The second kappa shape index (κ2) is 5.92. The SMILES string of the molecule is Cc1cc([N+](=O)[O-])ccc1NC(=O)N1CC(C)OC(C)(C)C1. The van der Waals surface area contributed by atoms with Crippen LogP contribution in [0.5, 0.6) is 0 Å². The average molecular weight is 307 g/mol. The highest BCUT2D eigenvalue weighted by molar-refractivity contribution is 5.90. The Morgan fingerprint density at radius 1 is 1.50 bits per heavy atom. The van der Waals surface area contributed by atoms with Gasteiger partial charge in [-0.1, -0.05) is 0 Å². The Morgan fingerprint density at radius 3 is 2.73 bits per heavy atom. The Labute approximate surface area is 129 Å². The third-order valence-electron chi connectivity index (χ3n) is 3.52. The van der Waals surface area contributed by atoms with Crippen LogP contribution in [0, 0.1) is 17.0 Å². The molecule has 7 heteroatoms. The van der Waals surface area contributed by atoms with Gasteiger partial charge in [0.25, 0.3) is 5.69 Å². The molecule has 0 saturated carbocycles. The standard InChI is InChI=1S/C15H21N3O4/c1-10-7-12(18(20)21)5-6-13(10)16-14(19)17-8-11(2)22-15(3,4)9-17/h5-7,11H,8-9H2,1-4H3,(H,16,19). The number of aryl methyl sites for hydroxylation is 1. The van der Waals surface area contributed by atoms with E-state index in [-0.39, 0.29) is 23.4 Å². The van der Waals surface area contributed by atoms with Crippen LogP contribution in [0.15, 0.2) is 18.2 Å². The fourth-order valence-corrected chi connectivity index (χ4v) is 2.70. The van der Waals surface area contributed by atoms with Crippen LogP contribution < -0.4 is 5.32 Å². The molecule has 0 aliphatic carbocycles. The topological polar surface area (TPSA) is 84.7 Å². The van der Waals surface area contributed by atoms with Gasteiger partial charge in [-0.2, -0.15) is 0 Å². The molecule has 0 radical (unpaired) electrons. The zero-order chi connectivity index (χ0) is 16.5. The van der Waals surface area contributed by atoms with Crippen molar-refractivity contribution in [3.8, 4) is 0 Å². The zero-order valence-electron chi connectivity index (χ0n) is 13.3. The van der Waals surface area contributed by atoms with Crippen LogP contribution in [0.4, 0.5) is 16.2 Å². The summed E-state index contributed by atoms with van der Waals surface area (Å²) in [7, 11) is 0. The lowest BCUT2D eigenvalue weighted by atomic mass is 10.1. The molecule has 1 saturated heterocycles. The Balaban J connectivity index is 2.10. The maximum atomic E-state index is 12.4. The maximum absolute atomic E-state index is 12.4. The number of urea groups is 1. The van der Waals surface area contributed by atoms with Crippen molar-refractivity contribution in [2.45, 2.75) is 39.4 Å². The molecule has 1 aliphatic heterocycles. The molecule has 1 heterocycles. The van der Waals surface area contributed by atoms with E-state index < -0.39 is 4.92 Å². The Hall–Kier alpha value is -2.15. The van der Waals surface area contributed by atoms with Gasteiger partial charge in [-0.25, -0.2) is 4.79 Å².